The van der Waals surface area contributed by atoms with Gasteiger partial charge in [-0.3, -0.25) is 0 Å². The van der Waals surface area contributed by atoms with Crippen molar-refractivity contribution in [3.05, 3.63) is 22.2 Å². The lowest BCUT2D eigenvalue weighted by atomic mass is 10.0. The van der Waals surface area contributed by atoms with Crippen LogP contribution in [0.15, 0.2) is 16.6 Å². The van der Waals surface area contributed by atoms with Crippen LogP contribution >= 0.6 is 15.9 Å². The molecule has 0 amide bonds. The fourth-order valence-electron chi connectivity index (χ4n) is 2.64. The molecule has 2 rings (SSSR count). The molecule has 0 fully saturated rings. The minimum atomic E-state index is -0.425. The van der Waals surface area contributed by atoms with Crippen LogP contribution < -0.4 is 9.47 Å². The van der Waals surface area contributed by atoms with Gasteiger partial charge < -0.3 is 14.6 Å². The monoisotopic (exact) mass is 356 g/mol. The zero-order valence-electron chi connectivity index (χ0n) is 12.7. The fraction of sp³-hybridized carbons (Fsp3) is 0.647. The molecule has 0 aliphatic carbocycles. The van der Waals surface area contributed by atoms with Gasteiger partial charge in [-0.1, -0.05) is 51.9 Å². The summed E-state index contributed by atoms with van der Waals surface area (Å²) in [4.78, 5) is 0. The summed E-state index contributed by atoms with van der Waals surface area (Å²) in [5.74, 6) is 1.46. The van der Waals surface area contributed by atoms with E-state index in [1.807, 2.05) is 12.1 Å². The molecule has 1 atom stereocenters. The van der Waals surface area contributed by atoms with Gasteiger partial charge in [0.2, 0.25) is 6.79 Å². The summed E-state index contributed by atoms with van der Waals surface area (Å²) < 4.78 is 11.6. The molecule has 0 saturated carbocycles. The summed E-state index contributed by atoms with van der Waals surface area (Å²) in [5.41, 5.74) is 0.900. The number of aliphatic hydroxyl groups excluding tert-OH is 1. The zero-order valence-corrected chi connectivity index (χ0v) is 14.3. The minimum Gasteiger partial charge on any atom is -0.454 e. The van der Waals surface area contributed by atoms with E-state index in [-0.39, 0.29) is 6.79 Å². The Labute approximate surface area is 135 Å². The smallest absolute Gasteiger partial charge is 0.231 e. The Kier molecular flexibility index (Phi) is 6.84. The van der Waals surface area contributed by atoms with Crippen molar-refractivity contribution in [2.24, 2.45) is 0 Å². The van der Waals surface area contributed by atoms with Gasteiger partial charge in [0.25, 0.3) is 0 Å². The molecule has 1 aliphatic heterocycles. The van der Waals surface area contributed by atoms with Crippen LogP contribution in [0.3, 0.4) is 0 Å². The average molecular weight is 357 g/mol. The maximum Gasteiger partial charge on any atom is 0.231 e. The van der Waals surface area contributed by atoms with E-state index in [1.54, 1.807) is 0 Å². The van der Waals surface area contributed by atoms with E-state index in [0.717, 1.165) is 34.4 Å². The lowest BCUT2D eigenvalue weighted by molar-refractivity contribution is 0.162. The number of fused-ring (bicyclic) bond motifs is 1. The number of halogens is 1. The summed E-state index contributed by atoms with van der Waals surface area (Å²) in [5, 5.41) is 10.3. The fourth-order valence-corrected chi connectivity index (χ4v) is 3.22. The van der Waals surface area contributed by atoms with E-state index in [9.17, 15) is 5.11 Å². The first-order valence-electron chi connectivity index (χ1n) is 7.99. The lowest BCUT2D eigenvalue weighted by Crippen LogP contribution is -1.98. The molecule has 0 saturated heterocycles. The van der Waals surface area contributed by atoms with Crippen LogP contribution in [0.2, 0.25) is 0 Å². The first-order valence-corrected chi connectivity index (χ1v) is 8.78. The van der Waals surface area contributed by atoms with E-state index in [4.69, 9.17) is 9.47 Å². The standard InChI is InChI=1S/C17H25BrO3/c1-2-3-4-5-6-7-8-9-15(19)13-10-14(18)17-16(11-13)20-12-21-17/h10-11,15,19H,2-9,12H2,1H3. The van der Waals surface area contributed by atoms with E-state index < -0.39 is 6.10 Å². The molecule has 0 radical (unpaired) electrons. The third kappa shape index (κ3) is 4.89. The number of ether oxygens (including phenoxy) is 2. The molecule has 1 N–H and O–H groups in total. The van der Waals surface area contributed by atoms with Crippen molar-refractivity contribution in [2.45, 2.75) is 64.4 Å². The highest BCUT2D eigenvalue weighted by Crippen LogP contribution is 2.41. The maximum absolute atomic E-state index is 10.3. The second-order valence-corrected chi connectivity index (χ2v) is 6.52. The Morgan fingerprint density at radius 2 is 1.81 bits per heavy atom. The third-order valence-corrected chi connectivity index (χ3v) is 4.50. The van der Waals surface area contributed by atoms with Crippen LogP contribution in [0.5, 0.6) is 11.5 Å². The van der Waals surface area contributed by atoms with Gasteiger partial charge in [-0.2, -0.15) is 0 Å². The summed E-state index contributed by atoms with van der Waals surface area (Å²) >= 11 is 3.47. The predicted molar refractivity (Wildman–Crippen MR) is 87.8 cm³/mol. The van der Waals surface area contributed by atoms with E-state index >= 15 is 0 Å². The molecule has 1 aromatic rings. The molecule has 1 unspecified atom stereocenters. The van der Waals surface area contributed by atoms with Crippen LogP contribution in [0.4, 0.5) is 0 Å². The Morgan fingerprint density at radius 1 is 1.10 bits per heavy atom. The first kappa shape index (κ1) is 16.6. The molecule has 3 nitrogen and oxygen atoms in total. The van der Waals surface area contributed by atoms with Crippen LogP contribution in [0, 0.1) is 0 Å². The quantitative estimate of drug-likeness (QED) is 0.606. The highest BCUT2D eigenvalue weighted by atomic mass is 79.9. The summed E-state index contributed by atoms with van der Waals surface area (Å²) in [6.45, 7) is 2.49. The van der Waals surface area contributed by atoms with Gasteiger partial charge in [-0.15, -0.1) is 0 Å². The summed E-state index contributed by atoms with van der Waals surface area (Å²) in [6.07, 6.45) is 9.22. The van der Waals surface area contributed by atoms with Crippen molar-refractivity contribution < 1.29 is 14.6 Å². The van der Waals surface area contributed by atoms with Crippen molar-refractivity contribution in [3.63, 3.8) is 0 Å². The van der Waals surface area contributed by atoms with Gasteiger partial charge in [-0.25, -0.2) is 0 Å². The summed E-state index contributed by atoms with van der Waals surface area (Å²) in [7, 11) is 0. The van der Waals surface area contributed by atoms with E-state index in [0.29, 0.717) is 0 Å². The number of aliphatic hydroxyl groups is 1. The largest absolute Gasteiger partial charge is 0.454 e. The molecule has 1 aromatic carbocycles. The van der Waals surface area contributed by atoms with Gasteiger partial charge in [0, 0.05) is 0 Å². The molecule has 1 heterocycles. The van der Waals surface area contributed by atoms with Crippen molar-refractivity contribution in [2.75, 3.05) is 6.79 Å². The highest BCUT2D eigenvalue weighted by Gasteiger charge is 2.20. The SMILES string of the molecule is CCCCCCCCCC(O)c1cc(Br)c2c(c1)OCO2. The molecule has 4 heteroatoms. The lowest BCUT2D eigenvalue weighted by Gasteiger charge is -2.12. The minimum absolute atomic E-state index is 0.255. The molecule has 21 heavy (non-hydrogen) atoms. The van der Waals surface area contributed by atoms with Crippen molar-refractivity contribution >= 4 is 15.9 Å². The van der Waals surface area contributed by atoms with Gasteiger partial charge in [-0.05, 0) is 40.0 Å². The second kappa shape index (κ2) is 8.64. The molecule has 0 aromatic heterocycles. The Balaban J connectivity index is 1.74. The number of unbranched alkanes of at least 4 members (excludes halogenated alkanes) is 6. The van der Waals surface area contributed by atoms with Gasteiger partial charge >= 0.3 is 0 Å². The van der Waals surface area contributed by atoms with Crippen molar-refractivity contribution in [1.82, 2.24) is 0 Å². The molecule has 118 valence electrons. The average Bonchev–Trinajstić information content (AvgIpc) is 2.95. The topological polar surface area (TPSA) is 38.7 Å². The maximum atomic E-state index is 10.3. The van der Waals surface area contributed by atoms with Crippen LogP contribution in [-0.4, -0.2) is 11.9 Å². The summed E-state index contributed by atoms with van der Waals surface area (Å²) in [6, 6.07) is 3.82. The Bertz CT molecular complexity index is 448. The van der Waals surface area contributed by atoms with Gasteiger partial charge in [0.1, 0.15) is 0 Å². The molecular formula is C17H25BrO3. The predicted octanol–water partition coefficient (Wildman–Crippen LogP) is 5.35. The van der Waals surface area contributed by atoms with Crippen LogP contribution in [0.25, 0.3) is 0 Å². The Hall–Kier alpha value is -0.740. The van der Waals surface area contributed by atoms with Crippen molar-refractivity contribution in [1.29, 1.82) is 0 Å². The van der Waals surface area contributed by atoms with Gasteiger partial charge in [0.05, 0.1) is 10.6 Å². The third-order valence-electron chi connectivity index (χ3n) is 3.92. The second-order valence-electron chi connectivity index (χ2n) is 5.66. The molecule has 1 aliphatic rings. The number of benzene rings is 1. The Morgan fingerprint density at radius 3 is 2.57 bits per heavy atom. The van der Waals surface area contributed by atoms with Crippen molar-refractivity contribution in [3.8, 4) is 11.5 Å². The van der Waals surface area contributed by atoms with E-state index in [1.165, 1.54) is 38.5 Å². The van der Waals surface area contributed by atoms with Crippen LogP contribution in [-0.2, 0) is 0 Å². The highest BCUT2D eigenvalue weighted by molar-refractivity contribution is 9.10. The van der Waals surface area contributed by atoms with E-state index in [2.05, 4.69) is 22.9 Å². The normalized spacial score (nSPS) is 14.4. The number of hydrogen-bond donors (Lipinski definition) is 1. The number of rotatable bonds is 9. The zero-order chi connectivity index (χ0) is 15.1. The van der Waals surface area contributed by atoms with Crippen LogP contribution in [0.1, 0.15) is 70.0 Å². The van der Waals surface area contributed by atoms with Gasteiger partial charge in [0.15, 0.2) is 11.5 Å². The first-order chi connectivity index (χ1) is 10.2. The number of hydrogen-bond acceptors (Lipinski definition) is 3. The molecule has 0 spiro atoms. The molecule has 0 bridgehead atoms. The molecular weight excluding hydrogens is 332 g/mol.